The third kappa shape index (κ3) is 4.66. The molecule has 3 rings (SSSR count). The van der Waals surface area contributed by atoms with Crippen LogP contribution in [0.5, 0.6) is 0 Å². The number of halogens is 3. The number of amidine groups is 1. The predicted molar refractivity (Wildman–Crippen MR) is 90.0 cm³/mol. The molecule has 0 radical (unpaired) electrons. The second-order valence-electron chi connectivity index (χ2n) is 6.40. The molecule has 0 aromatic rings. The zero-order chi connectivity index (χ0) is 18.7. The van der Waals surface area contributed by atoms with E-state index in [4.69, 9.17) is 0 Å². The Bertz CT molecular complexity index is 701. The van der Waals surface area contributed by atoms with Gasteiger partial charge in [0.15, 0.2) is 0 Å². The zero-order valence-corrected chi connectivity index (χ0v) is 14.1. The highest BCUT2D eigenvalue weighted by molar-refractivity contribution is 6.21. The van der Waals surface area contributed by atoms with Gasteiger partial charge in [-0.25, -0.2) is 4.99 Å². The molecule has 1 fully saturated rings. The second kappa shape index (κ2) is 7.53. The number of rotatable bonds is 4. The number of hydrogen-bond donors (Lipinski definition) is 0. The van der Waals surface area contributed by atoms with Gasteiger partial charge >= 0.3 is 6.18 Å². The zero-order valence-electron chi connectivity index (χ0n) is 14.1. The third-order valence-corrected chi connectivity index (χ3v) is 4.45. The lowest BCUT2D eigenvalue weighted by molar-refractivity contribution is -0.151. The average Bonchev–Trinajstić information content (AvgIpc) is 2.59. The van der Waals surface area contributed by atoms with Crippen molar-refractivity contribution in [3.8, 4) is 0 Å². The Kier molecular flexibility index (Phi) is 5.36. The number of fused-ring (bicyclic) bond motifs is 1. The molecule has 1 aliphatic carbocycles. The van der Waals surface area contributed by atoms with Gasteiger partial charge in [-0.1, -0.05) is 18.2 Å². The average molecular weight is 368 g/mol. The molecule has 1 atom stereocenters. The number of carbonyl (C=O) groups is 2. The maximum Gasteiger partial charge on any atom is 0.401 e. The van der Waals surface area contributed by atoms with Crippen LogP contribution in [0.1, 0.15) is 12.8 Å². The quantitative estimate of drug-likeness (QED) is 0.757. The maximum absolute atomic E-state index is 12.4. The Morgan fingerprint density at radius 1 is 1.15 bits per heavy atom. The van der Waals surface area contributed by atoms with E-state index < -0.39 is 18.6 Å². The minimum Gasteiger partial charge on any atom is -0.340 e. The summed E-state index contributed by atoms with van der Waals surface area (Å²) in [6.07, 6.45) is 3.18. The third-order valence-electron chi connectivity index (χ3n) is 4.45. The largest absolute Gasteiger partial charge is 0.401 e. The molecule has 140 valence electrons. The number of allylic oxidation sites excluding steroid dienone is 3. The van der Waals surface area contributed by atoms with Crippen LogP contribution in [-0.4, -0.2) is 72.1 Å². The van der Waals surface area contributed by atoms with E-state index in [0.717, 1.165) is 0 Å². The molecular weight excluding hydrogens is 349 g/mol. The summed E-state index contributed by atoms with van der Waals surface area (Å²) in [5.74, 6) is -0.571. The van der Waals surface area contributed by atoms with Gasteiger partial charge < -0.3 is 4.90 Å². The van der Waals surface area contributed by atoms with E-state index in [9.17, 15) is 22.8 Å². The molecule has 0 N–H and O–H groups in total. The van der Waals surface area contributed by atoms with Crippen LogP contribution in [0.15, 0.2) is 34.3 Å². The number of aliphatic imine (C=N–C) groups is 2. The van der Waals surface area contributed by atoms with Gasteiger partial charge in [-0.2, -0.15) is 18.2 Å². The van der Waals surface area contributed by atoms with Gasteiger partial charge in [-0.05, 0) is 6.08 Å². The van der Waals surface area contributed by atoms with Crippen LogP contribution in [-0.2, 0) is 9.59 Å². The summed E-state index contributed by atoms with van der Waals surface area (Å²) in [7, 11) is 0. The van der Waals surface area contributed by atoms with E-state index in [-0.39, 0.29) is 50.8 Å². The van der Waals surface area contributed by atoms with Crippen molar-refractivity contribution in [1.82, 2.24) is 9.80 Å². The van der Waals surface area contributed by atoms with Crippen molar-refractivity contribution in [3.05, 3.63) is 24.3 Å². The standard InChI is InChI=1S/C17H19F3N4O2/c18-17(19,20)11-23-7-9-24(10-8-23)15(25)6-5-14-21-13-4-2-1-3-12(13)16(26)22-14/h1-4,12H,5-11H2. The van der Waals surface area contributed by atoms with Gasteiger partial charge in [0.25, 0.3) is 5.91 Å². The van der Waals surface area contributed by atoms with E-state index >= 15 is 0 Å². The van der Waals surface area contributed by atoms with Gasteiger partial charge in [0, 0.05) is 39.0 Å². The number of hydrogen-bond acceptors (Lipinski definition) is 4. The highest BCUT2D eigenvalue weighted by atomic mass is 19.4. The first kappa shape index (κ1) is 18.5. The summed E-state index contributed by atoms with van der Waals surface area (Å²) in [6.45, 7) is -0.0129. The Morgan fingerprint density at radius 3 is 2.58 bits per heavy atom. The molecular formula is C17H19F3N4O2. The SMILES string of the molecule is O=C1N=C(CCC(=O)N2CCN(CC(F)(F)F)CC2)N=C2C=CC=CC12. The molecule has 1 saturated heterocycles. The van der Waals surface area contributed by atoms with Crippen molar-refractivity contribution in [2.75, 3.05) is 32.7 Å². The van der Waals surface area contributed by atoms with Crippen LogP contribution in [0, 0.1) is 5.92 Å². The number of carbonyl (C=O) groups excluding carboxylic acids is 2. The summed E-state index contributed by atoms with van der Waals surface area (Å²) < 4.78 is 37.2. The molecule has 26 heavy (non-hydrogen) atoms. The van der Waals surface area contributed by atoms with Gasteiger partial charge in [0.05, 0.1) is 12.3 Å². The molecule has 0 saturated carbocycles. The molecule has 1 unspecified atom stereocenters. The summed E-state index contributed by atoms with van der Waals surface area (Å²) >= 11 is 0. The summed E-state index contributed by atoms with van der Waals surface area (Å²) in [4.78, 5) is 35.4. The number of piperazine rings is 1. The monoisotopic (exact) mass is 368 g/mol. The van der Waals surface area contributed by atoms with Gasteiger partial charge in [0.1, 0.15) is 11.8 Å². The molecule has 0 aromatic carbocycles. The topological polar surface area (TPSA) is 65.3 Å². The van der Waals surface area contributed by atoms with E-state index in [1.54, 1.807) is 29.2 Å². The highest BCUT2D eigenvalue weighted by Crippen LogP contribution is 2.19. The molecule has 6 nitrogen and oxygen atoms in total. The lowest BCUT2D eigenvalue weighted by Gasteiger charge is -2.35. The number of amides is 2. The van der Waals surface area contributed by atoms with Crippen LogP contribution in [0.4, 0.5) is 13.2 Å². The fourth-order valence-electron chi connectivity index (χ4n) is 3.12. The molecule has 0 bridgehead atoms. The van der Waals surface area contributed by atoms with Crippen LogP contribution in [0.2, 0.25) is 0 Å². The highest BCUT2D eigenvalue weighted by Gasteiger charge is 2.33. The smallest absolute Gasteiger partial charge is 0.340 e. The Morgan fingerprint density at radius 2 is 1.88 bits per heavy atom. The normalized spacial score (nSPS) is 23.6. The van der Waals surface area contributed by atoms with E-state index in [0.29, 0.717) is 11.5 Å². The van der Waals surface area contributed by atoms with Crippen molar-refractivity contribution in [2.45, 2.75) is 19.0 Å². The molecule has 9 heteroatoms. The fraction of sp³-hybridized carbons (Fsp3) is 0.529. The van der Waals surface area contributed by atoms with Crippen LogP contribution >= 0.6 is 0 Å². The minimum absolute atomic E-state index is 0.131. The first-order valence-corrected chi connectivity index (χ1v) is 8.43. The Labute approximate surface area is 148 Å². The maximum atomic E-state index is 12.4. The first-order valence-electron chi connectivity index (χ1n) is 8.43. The van der Waals surface area contributed by atoms with Gasteiger partial charge in [-0.15, -0.1) is 0 Å². The second-order valence-corrected chi connectivity index (χ2v) is 6.40. The van der Waals surface area contributed by atoms with Crippen molar-refractivity contribution in [3.63, 3.8) is 0 Å². The lowest BCUT2D eigenvalue weighted by atomic mass is 9.96. The summed E-state index contributed by atoms with van der Waals surface area (Å²) in [5.41, 5.74) is 0.621. The van der Waals surface area contributed by atoms with Crippen molar-refractivity contribution in [1.29, 1.82) is 0 Å². The molecule has 0 aromatic heterocycles. The molecule has 0 spiro atoms. The lowest BCUT2D eigenvalue weighted by Crippen LogP contribution is -2.50. The van der Waals surface area contributed by atoms with Crippen molar-refractivity contribution in [2.24, 2.45) is 15.9 Å². The Hall–Kier alpha value is -2.29. The summed E-state index contributed by atoms with van der Waals surface area (Å²) in [5, 5.41) is 0. The van der Waals surface area contributed by atoms with E-state index in [1.165, 1.54) is 4.90 Å². The minimum atomic E-state index is -4.22. The van der Waals surface area contributed by atoms with Crippen LogP contribution in [0.3, 0.4) is 0 Å². The Balaban J connectivity index is 1.48. The molecule has 2 amide bonds. The first-order chi connectivity index (χ1) is 12.3. The van der Waals surface area contributed by atoms with Crippen molar-refractivity contribution < 1.29 is 22.8 Å². The van der Waals surface area contributed by atoms with E-state index in [1.807, 2.05) is 0 Å². The number of nitrogens with zero attached hydrogens (tertiary/aromatic N) is 4. The molecule has 3 aliphatic rings. The fourth-order valence-corrected chi connectivity index (χ4v) is 3.12. The van der Waals surface area contributed by atoms with Crippen LogP contribution in [0.25, 0.3) is 0 Å². The summed E-state index contributed by atoms with van der Waals surface area (Å²) in [6, 6.07) is 0. The van der Waals surface area contributed by atoms with Crippen molar-refractivity contribution >= 4 is 23.4 Å². The molecule has 2 heterocycles. The number of alkyl halides is 3. The van der Waals surface area contributed by atoms with Gasteiger partial charge in [-0.3, -0.25) is 14.5 Å². The molecule has 2 aliphatic heterocycles. The van der Waals surface area contributed by atoms with Gasteiger partial charge in [0.2, 0.25) is 5.91 Å². The van der Waals surface area contributed by atoms with Crippen LogP contribution < -0.4 is 0 Å². The predicted octanol–water partition coefficient (Wildman–Crippen LogP) is 1.60. The van der Waals surface area contributed by atoms with E-state index in [2.05, 4.69) is 9.98 Å².